The number of nitrogens with one attached hydrogen (secondary N) is 1. The fraction of sp³-hybridized carbons (Fsp3) is 0.476. The third-order valence-electron chi connectivity index (χ3n) is 6.05. The Morgan fingerprint density at radius 2 is 2.15 bits per heavy atom. The smallest absolute Gasteiger partial charge is 0.348 e. The lowest BCUT2D eigenvalue weighted by Gasteiger charge is -2.37. The second-order valence-corrected chi connectivity index (χ2v) is 9.76. The fourth-order valence-electron chi connectivity index (χ4n) is 4.13. The summed E-state index contributed by atoms with van der Waals surface area (Å²) in [5, 5.41) is 15.1. The molecule has 2 atom stereocenters. The molecule has 0 unspecified atom stereocenters. The van der Waals surface area contributed by atoms with Crippen molar-refractivity contribution in [3.8, 4) is 11.5 Å². The quantitative estimate of drug-likeness (QED) is 0.418. The van der Waals surface area contributed by atoms with Crippen LogP contribution in [0.25, 0.3) is 11.5 Å². The van der Waals surface area contributed by atoms with Crippen LogP contribution in [0.3, 0.4) is 0 Å². The number of carboxylic acid groups (broad SMARTS) is 1. The highest BCUT2D eigenvalue weighted by molar-refractivity contribution is 7.17. The molecule has 0 saturated carbocycles. The third-order valence-corrected chi connectivity index (χ3v) is 8.00. The minimum atomic E-state index is -1.06. The number of aryl methyl sites for hydroxylation is 1. The summed E-state index contributed by atoms with van der Waals surface area (Å²) in [7, 11) is 1.61. The average Bonchev–Trinajstić information content (AvgIpc) is 3.53. The predicted molar refractivity (Wildman–Crippen MR) is 129 cm³/mol. The van der Waals surface area contributed by atoms with Gasteiger partial charge in [-0.25, -0.2) is 19.4 Å². The number of carboxylic acids is 1. The first-order chi connectivity index (χ1) is 16.2. The minimum Gasteiger partial charge on any atom is -0.477 e. The van der Waals surface area contributed by atoms with Gasteiger partial charge in [-0.1, -0.05) is 34.5 Å². The molecule has 4 rings (SSSR count). The number of ketones is 1. The zero-order valence-electron chi connectivity index (χ0n) is 18.8. The van der Waals surface area contributed by atoms with Gasteiger partial charge in [0.25, 0.3) is 0 Å². The highest BCUT2D eigenvalue weighted by Gasteiger charge is 2.34. The number of rotatable bonds is 8. The number of thiazole rings is 1. The highest BCUT2D eigenvalue weighted by atomic mass is 35.5. The summed E-state index contributed by atoms with van der Waals surface area (Å²) in [4.78, 5) is 38.6. The number of ether oxygens (including phenoxy) is 1. The van der Waals surface area contributed by atoms with E-state index in [0.29, 0.717) is 64.1 Å². The third kappa shape index (κ3) is 4.57. The summed E-state index contributed by atoms with van der Waals surface area (Å²) >= 11 is 13.4. The first-order valence-corrected chi connectivity index (χ1v) is 12.3. The first-order valence-electron chi connectivity index (χ1n) is 10.7. The lowest BCUT2D eigenvalue weighted by molar-refractivity contribution is 0.0375. The van der Waals surface area contributed by atoms with E-state index in [9.17, 15) is 14.7 Å². The molecular formula is C21H24Cl2N6O4S. The summed E-state index contributed by atoms with van der Waals surface area (Å²) in [6.07, 6.45) is 2.06. The number of aromatic carboxylic acids is 1. The summed E-state index contributed by atoms with van der Waals surface area (Å²) in [5.41, 5.74) is 1.27. The van der Waals surface area contributed by atoms with Gasteiger partial charge in [0.2, 0.25) is 0 Å². The van der Waals surface area contributed by atoms with E-state index in [0.717, 1.165) is 11.3 Å². The Labute approximate surface area is 209 Å². The number of aromatic amines is 1. The molecule has 0 bridgehead atoms. The maximum absolute atomic E-state index is 12.9. The highest BCUT2D eigenvalue weighted by Crippen LogP contribution is 2.36. The molecule has 1 fully saturated rings. The molecule has 0 aromatic carbocycles. The SMILES string of the molecule is CCn1ncnc1-c1nc(N2CC[C@@H](CC(=O)c3[nH]c(Cl)c(C)c3Cl)[C@@H](OC)C2)sc1C(=O)O. The van der Waals surface area contributed by atoms with Crippen LogP contribution in [0.5, 0.6) is 0 Å². The van der Waals surface area contributed by atoms with Crippen molar-refractivity contribution >= 4 is 51.4 Å². The van der Waals surface area contributed by atoms with Crippen LogP contribution in [0.15, 0.2) is 6.33 Å². The van der Waals surface area contributed by atoms with Crippen LogP contribution in [0.4, 0.5) is 5.13 Å². The van der Waals surface area contributed by atoms with Gasteiger partial charge in [-0.15, -0.1) is 0 Å². The molecule has 182 valence electrons. The van der Waals surface area contributed by atoms with Crippen molar-refractivity contribution < 1.29 is 19.4 Å². The number of Topliss-reactive ketones (excluding diaryl/α,β-unsaturated/α-hetero) is 1. The largest absolute Gasteiger partial charge is 0.477 e. The molecule has 1 saturated heterocycles. The Morgan fingerprint density at radius 3 is 2.76 bits per heavy atom. The van der Waals surface area contributed by atoms with Gasteiger partial charge in [0.05, 0.1) is 11.1 Å². The van der Waals surface area contributed by atoms with Gasteiger partial charge >= 0.3 is 5.97 Å². The molecule has 13 heteroatoms. The monoisotopic (exact) mass is 526 g/mol. The molecule has 2 N–H and O–H groups in total. The van der Waals surface area contributed by atoms with Crippen LogP contribution in [0.2, 0.25) is 10.2 Å². The van der Waals surface area contributed by atoms with Crippen molar-refractivity contribution in [1.29, 1.82) is 0 Å². The molecule has 3 aromatic rings. The van der Waals surface area contributed by atoms with Gasteiger partial charge in [-0.05, 0) is 26.2 Å². The van der Waals surface area contributed by atoms with Gasteiger partial charge in [0, 0.05) is 38.7 Å². The molecule has 0 aliphatic carbocycles. The second-order valence-electron chi connectivity index (χ2n) is 8.03. The van der Waals surface area contributed by atoms with Gasteiger partial charge in [-0.3, -0.25) is 4.79 Å². The summed E-state index contributed by atoms with van der Waals surface area (Å²) in [6.45, 7) is 5.27. The molecule has 0 amide bonds. The average molecular weight is 527 g/mol. The van der Waals surface area contributed by atoms with E-state index in [1.807, 2.05) is 11.8 Å². The lowest BCUT2D eigenvalue weighted by Crippen LogP contribution is -2.45. The minimum absolute atomic E-state index is 0.0336. The molecule has 4 heterocycles. The van der Waals surface area contributed by atoms with Crippen molar-refractivity contribution in [2.75, 3.05) is 25.1 Å². The number of hydrogen-bond acceptors (Lipinski definition) is 8. The number of methoxy groups -OCH3 is 1. The van der Waals surface area contributed by atoms with Crippen molar-refractivity contribution in [3.05, 3.63) is 32.6 Å². The number of H-pyrrole nitrogens is 1. The van der Waals surface area contributed by atoms with Gasteiger partial charge in [0.15, 0.2) is 16.7 Å². The van der Waals surface area contributed by atoms with Crippen LogP contribution in [0, 0.1) is 12.8 Å². The van der Waals surface area contributed by atoms with Gasteiger partial charge < -0.3 is 19.7 Å². The van der Waals surface area contributed by atoms with E-state index in [4.69, 9.17) is 27.9 Å². The summed E-state index contributed by atoms with van der Waals surface area (Å²) in [6, 6.07) is 0. The zero-order valence-corrected chi connectivity index (χ0v) is 21.2. The molecule has 3 aromatic heterocycles. The number of carbonyl (C=O) groups excluding carboxylic acids is 1. The van der Waals surface area contributed by atoms with E-state index in [2.05, 4.69) is 20.1 Å². The Balaban J connectivity index is 1.53. The van der Waals surface area contributed by atoms with E-state index < -0.39 is 5.97 Å². The predicted octanol–water partition coefficient (Wildman–Crippen LogP) is 4.18. The van der Waals surface area contributed by atoms with Crippen molar-refractivity contribution in [2.24, 2.45) is 5.92 Å². The Hall–Kier alpha value is -2.47. The Bertz CT molecular complexity index is 1220. The molecular weight excluding hydrogens is 503 g/mol. The number of aromatic nitrogens is 5. The topological polar surface area (TPSA) is 126 Å². The number of anilines is 1. The van der Waals surface area contributed by atoms with Crippen molar-refractivity contribution in [2.45, 2.75) is 39.3 Å². The number of piperidine rings is 1. The standard InChI is InChI=1S/C21H24Cl2N6O4S/c1-4-29-19(24-9-25-29)16-17(20(31)32)34-21(27-16)28-6-5-11(13(8-28)33-3)7-12(30)15-14(22)10(2)18(23)26-15/h9,11,13,26H,4-8H2,1-3H3,(H,31,32)/t11-,13-/m0/s1. The van der Waals surface area contributed by atoms with Crippen LogP contribution in [0.1, 0.15) is 45.5 Å². The number of carbonyl (C=O) groups is 2. The zero-order chi connectivity index (χ0) is 24.6. The van der Waals surface area contributed by atoms with Crippen LogP contribution in [-0.4, -0.2) is 67.9 Å². The number of halogens is 2. The lowest BCUT2D eigenvalue weighted by atomic mass is 9.88. The van der Waals surface area contributed by atoms with Crippen molar-refractivity contribution in [1.82, 2.24) is 24.7 Å². The van der Waals surface area contributed by atoms with Crippen LogP contribution < -0.4 is 4.90 Å². The molecule has 0 radical (unpaired) electrons. The summed E-state index contributed by atoms with van der Waals surface area (Å²) in [5.74, 6) is -0.800. The van der Waals surface area contributed by atoms with Crippen molar-refractivity contribution in [3.63, 3.8) is 0 Å². The van der Waals surface area contributed by atoms with Crippen LogP contribution in [-0.2, 0) is 11.3 Å². The fourth-order valence-corrected chi connectivity index (χ4v) is 5.55. The maximum Gasteiger partial charge on any atom is 0.348 e. The van der Waals surface area contributed by atoms with Crippen LogP contribution >= 0.6 is 34.5 Å². The number of nitrogens with zero attached hydrogens (tertiary/aromatic N) is 5. The van der Waals surface area contributed by atoms with E-state index in [-0.39, 0.29) is 29.1 Å². The number of hydrogen-bond donors (Lipinski definition) is 2. The maximum atomic E-state index is 12.9. The molecule has 10 nitrogen and oxygen atoms in total. The molecule has 0 spiro atoms. The Morgan fingerprint density at radius 1 is 1.38 bits per heavy atom. The van der Waals surface area contributed by atoms with E-state index in [1.54, 1.807) is 18.7 Å². The van der Waals surface area contributed by atoms with E-state index in [1.165, 1.54) is 6.33 Å². The van der Waals surface area contributed by atoms with Gasteiger partial charge in [0.1, 0.15) is 27.7 Å². The van der Waals surface area contributed by atoms with Gasteiger partial charge in [-0.2, -0.15) is 5.10 Å². The van der Waals surface area contributed by atoms with E-state index >= 15 is 0 Å². The first kappa shape index (κ1) is 24.6. The Kier molecular flexibility index (Phi) is 7.27. The molecule has 1 aliphatic heterocycles. The normalized spacial score (nSPS) is 18.4. The second kappa shape index (κ2) is 10.0. The summed E-state index contributed by atoms with van der Waals surface area (Å²) < 4.78 is 7.33. The molecule has 1 aliphatic rings. The molecule has 34 heavy (non-hydrogen) atoms.